The van der Waals surface area contributed by atoms with Gasteiger partial charge >= 0.3 is 0 Å². The number of rotatable bonds is 2. The van der Waals surface area contributed by atoms with Crippen LogP contribution in [-0.2, 0) is 17.1 Å². The highest BCUT2D eigenvalue weighted by atomic mass is 32.2. The molecule has 112 valence electrons. The second kappa shape index (κ2) is 5.07. The minimum Gasteiger partial charge on any atom is -0.373 e. The molecular weight excluding hydrogens is 288 g/mol. The summed E-state index contributed by atoms with van der Waals surface area (Å²) >= 11 is 0. The summed E-state index contributed by atoms with van der Waals surface area (Å²) in [5.74, 6) is 0. The second-order valence-electron chi connectivity index (χ2n) is 5.22. The molecule has 0 N–H and O–H groups in total. The van der Waals surface area contributed by atoms with Gasteiger partial charge in [0.2, 0.25) is 0 Å². The van der Waals surface area contributed by atoms with Crippen molar-refractivity contribution in [2.24, 2.45) is 7.05 Å². The maximum Gasteiger partial charge on any atom is 0.283 e. The maximum atomic E-state index is 12.9. The third kappa shape index (κ3) is 2.37. The summed E-state index contributed by atoms with van der Waals surface area (Å²) in [5.41, 5.74) is 1.64. The predicted molar refractivity (Wildman–Crippen MR) is 82.1 cm³/mol. The first-order valence-electron chi connectivity index (χ1n) is 6.81. The Morgan fingerprint density at radius 1 is 1.10 bits per heavy atom. The predicted octanol–water partition coefficient (Wildman–Crippen LogP) is 1.46. The summed E-state index contributed by atoms with van der Waals surface area (Å²) in [5, 5.41) is 0.0874. The third-order valence-electron chi connectivity index (χ3n) is 3.65. The van der Waals surface area contributed by atoms with E-state index in [1.165, 1.54) is 16.8 Å². The van der Waals surface area contributed by atoms with Crippen molar-refractivity contribution in [1.82, 2.24) is 9.55 Å². The monoisotopic (exact) mass is 306 g/mol. The Labute approximate surface area is 124 Å². The van der Waals surface area contributed by atoms with E-state index in [4.69, 9.17) is 0 Å². The van der Waals surface area contributed by atoms with Gasteiger partial charge in [-0.1, -0.05) is 12.1 Å². The van der Waals surface area contributed by atoms with Crippen LogP contribution < -0.4 is 9.21 Å². The molecule has 7 heteroatoms. The molecule has 0 amide bonds. The molecule has 0 spiro atoms. The van der Waals surface area contributed by atoms with Gasteiger partial charge in [0, 0.05) is 33.4 Å². The Bertz CT molecular complexity index is 754. The van der Waals surface area contributed by atoms with Gasteiger partial charge in [0.05, 0.1) is 17.7 Å². The van der Waals surface area contributed by atoms with Gasteiger partial charge in [0.1, 0.15) is 0 Å². The van der Waals surface area contributed by atoms with Crippen LogP contribution in [0.5, 0.6) is 0 Å². The maximum absolute atomic E-state index is 12.9. The van der Waals surface area contributed by atoms with Gasteiger partial charge in [-0.15, -0.1) is 0 Å². The SMILES string of the molecule is CN1CCCN(S(=O)(=O)c2cn(C)cn2)c2ccccc21. The molecule has 0 radical (unpaired) electrons. The lowest BCUT2D eigenvalue weighted by molar-refractivity contribution is 0.587. The minimum absolute atomic E-state index is 0.0874. The molecule has 1 aromatic carbocycles. The lowest BCUT2D eigenvalue weighted by atomic mass is 10.2. The van der Waals surface area contributed by atoms with Crippen molar-refractivity contribution in [3.05, 3.63) is 36.8 Å². The molecular formula is C14H18N4O2S. The molecule has 0 saturated heterocycles. The Morgan fingerprint density at radius 2 is 1.81 bits per heavy atom. The fourth-order valence-electron chi connectivity index (χ4n) is 2.57. The van der Waals surface area contributed by atoms with Gasteiger partial charge in [0.15, 0.2) is 5.03 Å². The summed E-state index contributed by atoms with van der Waals surface area (Å²) in [6.45, 7) is 1.28. The topological polar surface area (TPSA) is 58.4 Å². The van der Waals surface area contributed by atoms with Crippen molar-refractivity contribution in [1.29, 1.82) is 0 Å². The summed E-state index contributed by atoms with van der Waals surface area (Å²) in [4.78, 5) is 6.09. The van der Waals surface area contributed by atoms with Gasteiger partial charge in [-0.25, -0.2) is 4.98 Å². The summed E-state index contributed by atoms with van der Waals surface area (Å²) in [6.07, 6.45) is 3.81. The van der Waals surface area contributed by atoms with Crippen LogP contribution in [0.15, 0.2) is 41.8 Å². The van der Waals surface area contributed by atoms with E-state index in [1.807, 2.05) is 31.3 Å². The van der Waals surface area contributed by atoms with Crippen LogP contribution in [0.4, 0.5) is 11.4 Å². The van der Waals surface area contributed by atoms with E-state index in [0.29, 0.717) is 12.2 Å². The molecule has 3 rings (SSSR count). The number of fused-ring (bicyclic) bond motifs is 1. The van der Waals surface area contributed by atoms with Gasteiger partial charge in [-0.3, -0.25) is 4.31 Å². The Hall–Kier alpha value is -2.02. The van der Waals surface area contributed by atoms with Gasteiger partial charge < -0.3 is 9.47 Å². The van der Waals surface area contributed by atoms with Crippen molar-refractivity contribution >= 4 is 21.4 Å². The average molecular weight is 306 g/mol. The molecule has 0 saturated carbocycles. The average Bonchev–Trinajstić information content (AvgIpc) is 2.83. The number of hydrogen-bond donors (Lipinski definition) is 0. The van der Waals surface area contributed by atoms with Gasteiger partial charge in [0.25, 0.3) is 10.0 Å². The van der Waals surface area contributed by atoms with Crippen molar-refractivity contribution in [2.45, 2.75) is 11.4 Å². The fourth-order valence-corrected chi connectivity index (χ4v) is 4.06. The molecule has 6 nitrogen and oxygen atoms in total. The fraction of sp³-hybridized carbons (Fsp3) is 0.357. The number of nitrogens with zero attached hydrogens (tertiary/aromatic N) is 4. The van der Waals surface area contributed by atoms with E-state index >= 15 is 0 Å². The number of aryl methyl sites for hydroxylation is 1. The van der Waals surface area contributed by atoms with Crippen LogP contribution in [0.1, 0.15) is 6.42 Å². The molecule has 0 fully saturated rings. The molecule has 0 aliphatic carbocycles. The second-order valence-corrected chi connectivity index (χ2v) is 7.03. The minimum atomic E-state index is -3.63. The highest BCUT2D eigenvalue weighted by molar-refractivity contribution is 7.92. The van der Waals surface area contributed by atoms with Crippen molar-refractivity contribution in [3.8, 4) is 0 Å². The number of hydrogen-bond acceptors (Lipinski definition) is 4. The van der Waals surface area contributed by atoms with E-state index in [1.54, 1.807) is 11.6 Å². The van der Waals surface area contributed by atoms with Crippen LogP contribution in [0.2, 0.25) is 0 Å². The number of sulfonamides is 1. The van der Waals surface area contributed by atoms with E-state index in [2.05, 4.69) is 9.88 Å². The van der Waals surface area contributed by atoms with E-state index < -0.39 is 10.0 Å². The summed E-state index contributed by atoms with van der Waals surface area (Å²) in [7, 11) is 0.115. The first-order chi connectivity index (χ1) is 10.00. The standard InChI is InChI=1S/C14H18N4O2S/c1-16-10-14(15-11-16)21(19,20)18-9-5-8-17(2)12-6-3-4-7-13(12)18/h3-4,6-7,10-11H,5,8-9H2,1-2H3. The number of para-hydroxylation sites is 2. The normalized spacial score (nSPS) is 15.7. The molecule has 2 heterocycles. The highest BCUT2D eigenvalue weighted by Crippen LogP contribution is 2.34. The van der Waals surface area contributed by atoms with Crippen LogP contribution in [0.25, 0.3) is 0 Å². The molecule has 1 aliphatic rings. The van der Waals surface area contributed by atoms with Crippen LogP contribution in [0, 0.1) is 0 Å². The Kier molecular flexibility index (Phi) is 3.36. The van der Waals surface area contributed by atoms with Crippen LogP contribution in [-0.4, -0.2) is 38.1 Å². The molecule has 21 heavy (non-hydrogen) atoms. The van der Waals surface area contributed by atoms with Gasteiger partial charge in [-0.2, -0.15) is 8.42 Å². The van der Waals surface area contributed by atoms with Crippen LogP contribution in [0.3, 0.4) is 0 Å². The first-order valence-corrected chi connectivity index (χ1v) is 8.25. The molecule has 1 aromatic heterocycles. The third-order valence-corrected chi connectivity index (χ3v) is 5.35. The van der Waals surface area contributed by atoms with Crippen molar-refractivity contribution < 1.29 is 8.42 Å². The number of benzene rings is 1. The zero-order chi connectivity index (χ0) is 15.0. The molecule has 2 aromatic rings. The zero-order valence-corrected chi connectivity index (χ0v) is 12.9. The molecule has 0 bridgehead atoms. The molecule has 0 atom stereocenters. The lowest BCUT2D eigenvalue weighted by Gasteiger charge is -2.24. The lowest BCUT2D eigenvalue weighted by Crippen LogP contribution is -2.31. The first kappa shape index (κ1) is 13.9. The Balaban J connectivity index is 2.12. The number of imidazole rings is 1. The van der Waals surface area contributed by atoms with Crippen molar-refractivity contribution in [2.75, 3.05) is 29.3 Å². The zero-order valence-electron chi connectivity index (χ0n) is 12.1. The highest BCUT2D eigenvalue weighted by Gasteiger charge is 2.30. The molecule has 1 aliphatic heterocycles. The summed E-state index contributed by atoms with van der Waals surface area (Å²) < 4.78 is 28.8. The van der Waals surface area contributed by atoms with E-state index in [-0.39, 0.29) is 5.03 Å². The Morgan fingerprint density at radius 3 is 2.48 bits per heavy atom. The smallest absolute Gasteiger partial charge is 0.283 e. The molecule has 0 unspecified atom stereocenters. The number of anilines is 2. The number of aromatic nitrogens is 2. The summed E-state index contributed by atoms with van der Waals surface area (Å²) in [6, 6.07) is 7.57. The van der Waals surface area contributed by atoms with Crippen LogP contribution >= 0.6 is 0 Å². The van der Waals surface area contributed by atoms with Crippen molar-refractivity contribution in [3.63, 3.8) is 0 Å². The van der Waals surface area contributed by atoms with Gasteiger partial charge in [-0.05, 0) is 18.6 Å². The van der Waals surface area contributed by atoms with E-state index in [0.717, 1.165) is 18.7 Å². The quantitative estimate of drug-likeness (QED) is 0.843. The van der Waals surface area contributed by atoms with E-state index in [9.17, 15) is 8.42 Å². The largest absolute Gasteiger partial charge is 0.373 e.